The van der Waals surface area contributed by atoms with Gasteiger partial charge in [-0.1, -0.05) is 58.7 Å². The van der Waals surface area contributed by atoms with E-state index in [1.807, 2.05) is 66.0 Å². The van der Waals surface area contributed by atoms with Gasteiger partial charge in [0.25, 0.3) is 0 Å². The summed E-state index contributed by atoms with van der Waals surface area (Å²) in [6.07, 6.45) is 2.79. The van der Waals surface area contributed by atoms with Crippen LogP contribution in [0.4, 0.5) is 4.79 Å². The summed E-state index contributed by atoms with van der Waals surface area (Å²) in [5.74, 6) is 0. The Bertz CT molecular complexity index is 1040. The first-order valence-corrected chi connectivity index (χ1v) is 15.4. The Kier molecular flexibility index (Phi) is 15.8. The summed E-state index contributed by atoms with van der Waals surface area (Å²) in [6, 6.07) is 4.03. The molecular formula is C30H47N5O2S2. The third-order valence-electron chi connectivity index (χ3n) is 5.38. The molecular weight excluding hydrogens is 526 g/mol. The number of nitrogens with zero attached hydrogens (tertiary/aromatic N) is 4. The summed E-state index contributed by atoms with van der Waals surface area (Å²) >= 11 is 3.02. The summed E-state index contributed by atoms with van der Waals surface area (Å²) in [6.45, 7) is 29.7. The van der Waals surface area contributed by atoms with Crippen molar-refractivity contribution in [3.8, 4) is 0 Å². The Morgan fingerprint density at radius 1 is 1.15 bits per heavy atom. The smallest absolute Gasteiger partial charge is 0.410 e. The van der Waals surface area contributed by atoms with Gasteiger partial charge in [-0.05, 0) is 56.8 Å². The molecule has 7 nitrogen and oxygen atoms in total. The predicted octanol–water partition coefficient (Wildman–Crippen LogP) is 7.43. The molecule has 0 aromatic carbocycles. The fraction of sp³-hybridized carbons (Fsp3) is 0.500. The second-order valence-corrected chi connectivity index (χ2v) is 11.2. The SMILES string of the molecule is C=CSC(=C)/C(N=C)=C(/N=C1C=C(N2CCCN(C(=O)OC(C)(C)C)CC2)CNC1)c1cccs1.CC.CC. The van der Waals surface area contributed by atoms with E-state index in [-0.39, 0.29) is 6.09 Å². The van der Waals surface area contributed by atoms with Crippen molar-refractivity contribution in [3.05, 3.63) is 63.3 Å². The van der Waals surface area contributed by atoms with Gasteiger partial charge in [-0.2, -0.15) is 0 Å². The highest BCUT2D eigenvalue weighted by Gasteiger charge is 2.26. The number of nitrogens with one attached hydrogen (secondary N) is 1. The van der Waals surface area contributed by atoms with Crippen molar-refractivity contribution in [2.45, 2.75) is 60.5 Å². The Morgan fingerprint density at radius 2 is 1.87 bits per heavy atom. The quantitative estimate of drug-likeness (QED) is 0.271. The molecule has 3 heterocycles. The third kappa shape index (κ3) is 11.2. The van der Waals surface area contributed by atoms with E-state index in [0.29, 0.717) is 25.3 Å². The van der Waals surface area contributed by atoms with E-state index in [1.165, 1.54) is 17.5 Å². The number of carbonyl (C=O) groups excluding carboxylic acids is 1. The maximum absolute atomic E-state index is 12.5. The van der Waals surface area contributed by atoms with Crippen LogP contribution in [0, 0.1) is 0 Å². The highest BCUT2D eigenvalue weighted by molar-refractivity contribution is 8.06. The van der Waals surface area contributed by atoms with E-state index in [4.69, 9.17) is 9.73 Å². The lowest BCUT2D eigenvalue weighted by molar-refractivity contribution is 0.0259. The molecule has 1 amide bonds. The highest BCUT2D eigenvalue weighted by atomic mass is 32.2. The average molecular weight is 574 g/mol. The number of hydrogen-bond donors (Lipinski definition) is 1. The standard InChI is InChI=1S/C26H35N5O2S2.2C2H6/c1-7-34-19(2)23(27-6)24(22-10-8-15-35-22)29-20-16-21(18-28-17-20)30-11-9-12-31(14-13-30)25(32)33-26(3,4)5;2*1-2/h7-8,10,15-16,28H,1-2,6,9,11-14,17-18H2,3-5H3;2*1-2H3/b24-23-,29-20?;;. The van der Waals surface area contributed by atoms with Gasteiger partial charge in [0.05, 0.1) is 10.6 Å². The molecule has 39 heavy (non-hydrogen) atoms. The van der Waals surface area contributed by atoms with Gasteiger partial charge in [-0.3, -0.25) is 4.99 Å². The molecule has 0 saturated carbocycles. The first-order chi connectivity index (χ1) is 18.7. The maximum atomic E-state index is 12.5. The fourth-order valence-electron chi connectivity index (χ4n) is 3.83. The van der Waals surface area contributed by atoms with Gasteiger partial charge < -0.3 is 19.9 Å². The van der Waals surface area contributed by atoms with Crippen molar-refractivity contribution in [1.29, 1.82) is 0 Å². The lowest BCUT2D eigenvalue weighted by atomic mass is 10.1. The van der Waals surface area contributed by atoms with Crippen LogP contribution in [0.3, 0.4) is 0 Å². The fourth-order valence-corrected chi connectivity index (χ4v) is 5.02. The summed E-state index contributed by atoms with van der Waals surface area (Å²) < 4.78 is 5.57. The molecule has 0 radical (unpaired) electrons. The van der Waals surface area contributed by atoms with Crippen molar-refractivity contribution in [2.75, 3.05) is 39.3 Å². The van der Waals surface area contributed by atoms with Crippen LogP contribution in [0.2, 0.25) is 0 Å². The monoisotopic (exact) mass is 573 g/mol. The second kappa shape index (κ2) is 17.9. The van der Waals surface area contributed by atoms with Crippen LogP contribution in [0.1, 0.15) is 59.8 Å². The Hall–Kier alpha value is -2.62. The topological polar surface area (TPSA) is 69.5 Å². The Morgan fingerprint density at radius 3 is 2.46 bits per heavy atom. The van der Waals surface area contributed by atoms with E-state index < -0.39 is 5.60 Å². The molecule has 0 aliphatic carbocycles. The van der Waals surface area contributed by atoms with Gasteiger partial charge >= 0.3 is 6.09 Å². The molecule has 0 bridgehead atoms. The molecule has 2 aliphatic heterocycles. The lowest BCUT2D eigenvalue weighted by Gasteiger charge is -2.29. The van der Waals surface area contributed by atoms with Gasteiger partial charge in [-0.25, -0.2) is 9.79 Å². The highest BCUT2D eigenvalue weighted by Crippen LogP contribution is 2.33. The number of carbonyl (C=O) groups is 1. The zero-order valence-electron chi connectivity index (χ0n) is 24.9. The van der Waals surface area contributed by atoms with Crippen LogP contribution in [0.15, 0.2) is 68.4 Å². The molecule has 2 aliphatic rings. The van der Waals surface area contributed by atoms with Crippen molar-refractivity contribution in [1.82, 2.24) is 15.1 Å². The molecule has 216 valence electrons. The normalized spacial score (nSPS) is 17.3. The lowest BCUT2D eigenvalue weighted by Crippen LogP contribution is -2.40. The van der Waals surface area contributed by atoms with Crippen LogP contribution in [0.25, 0.3) is 5.70 Å². The largest absolute Gasteiger partial charge is 0.444 e. The molecule has 9 heteroatoms. The van der Waals surface area contributed by atoms with E-state index >= 15 is 0 Å². The van der Waals surface area contributed by atoms with E-state index in [9.17, 15) is 4.79 Å². The van der Waals surface area contributed by atoms with Gasteiger partial charge in [0, 0.05) is 49.9 Å². The molecule has 0 atom stereocenters. The number of thioether (sulfide) groups is 1. The molecule has 1 N–H and O–H groups in total. The molecule has 1 fully saturated rings. The Labute approximate surface area is 244 Å². The van der Waals surface area contributed by atoms with Crippen molar-refractivity contribution in [3.63, 3.8) is 0 Å². The third-order valence-corrected chi connectivity index (χ3v) is 6.90. The first-order valence-electron chi connectivity index (χ1n) is 13.6. The number of thiophene rings is 1. The molecule has 1 aromatic rings. The summed E-state index contributed by atoms with van der Waals surface area (Å²) in [7, 11) is 0. The summed E-state index contributed by atoms with van der Waals surface area (Å²) in [4.78, 5) is 27.7. The number of aliphatic imine (C=N–C) groups is 2. The van der Waals surface area contributed by atoms with Crippen LogP contribution in [0.5, 0.6) is 0 Å². The number of hydrogen-bond acceptors (Lipinski definition) is 8. The van der Waals surface area contributed by atoms with Crippen LogP contribution in [-0.2, 0) is 4.74 Å². The van der Waals surface area contributed by atoms with Crippen molar-refractivity contribution in [2.24, 2.45) is 9.98 Å². The number of rotatable bonds is 7. The number of amides is 1. The summed E-state index contributed by atoms with van der Waals surface area (Å²) in [5.41, 5.74) is 3.01. The second-order valence-electron chi connectivity index (χ2n) is 9.19. The number of ether oxygens (including phenoxy) is 1. The molecule has 3 rings (SSSR count). The van der Waals surface area contributed by atoms with Crippen molar-refractivity contribution >= 4 is 47.3 Å². The van der Waals surface area contributed by atoms with Crippen LogP contribution >= 0.6 is 23.1 Å². The minimum absolute atomic E-state index is 0.245. The zero-order valence-corrected chi connectivity index (χ0v) is 26.5. The molecule has 0 spiro atoms. The van der Waals surface area contributed by atoms with E-state index in [0.717, 1.165) is 47.2 Å². The maximum Gasteiger partial charge on any atom is 0.410 e. The predicted molar refractivity (Wildman–Crippen MR) is 173 cm³/mol. The summed E-state index contributed by atoms with van der Waals surface area (Å²) in [5, 5.41) is 7.22. The molecule has 1 aromatic heterocycles. The minimum Gasteiger partial charge on any atom is -0.444 e. The molecule has 1 saturated heterocycles. The van der Waals surface area contributed by atoms with E-state index in [1.54, 1.807) is 21.6 Å². The Balaban J connectivity index is 0.00000181. The van der Waals surface area contributed by atoms with Gasteiger partial charge in [0.15, 0.2) is 0 Å². The molecule has 0 unspecified atom stereocenters. The van der Waals surface area contributed by atoms with Crippen LogP contribution in [-0.4, -0.2) is 73.2 Å². The van der Waals surface area contributed by atoms with Crippen LogP contribution < -0.4 is 5.32 Å². The van der Waals surface area contributed by atoms with Gasteiger partial charge in [0.2, 0.25) is 0 Å². The van der Waals surface area contributed by atoms with Gasteiger partial charge in [-0.15, -0.1) is 11.3 Å². The van der Waals surface area contributed by atoms with Gasteiger partial charge in [0.1, 0.15) is 17.0 Å². The average Bonchev–Trinajstić information content (AvgIpc) is 3.34. The zero-order chi connectivity index (χ0) is 29.4. The minimum atomic E-state index is -0.493. The van der Waals surface area contributed by atoms with Crippen molar-refractivity contribution < 1.29 is 9.53 Å². The first kappa shape index (κ1) is 34.4. The van der Waals surface area contributed by atoms with E-state index in [2.05, 4.69) is 41.2 Å².